The topological polar surface area (TPSA) is 133 Å². The molecule has 2 aromatic carbocycles. The Bertz CT molecular complexity index is 1410. The van der Waals surface area contributed by atoms with Crippen LogP contribution in [-0.2, 0) is 16.2 Å². The Morgan fingerprint density at radius 2 is 2.00 bits per heavy atom. The van der Waals surface area contributed by atoms with E-state index in [0.717, 1.165) is 27.0 Å². The van der Waals surface area contributed by atoms with Crippen LogP contribution in [0.5, 0.6) is 0 Å². The minimum atomic E-state index is -0.813. The smallest absolute Gasteiger partial charge is 0.355 e. The summed E-state index contributed by atoms with van der Waals surface area (Å²) in [5, 5.41) is 6.98. The Balaban J connectivity index is 1.77. The Hall–Kier alpha value is -3.89. The van der Waals surface area contributed by atoms with Crippen molar-refractivity contribution < 1.29 is 9.63 Å². The normalized spacial score (nSPS) is 13.3. The van der Waals surface area contributed by atoms with Crippen molar-refractivity contribution in [1.29, 1.82) is 0 Å². The van der Waals surface area contributed by atoms with Crippen LogP contribution in [0.2, 0.25) is 5.02 Å². The number of halogens is 1. The average Bonchev–Trinajstić information content (AvgIpc) is 2.82. The molecule has 35 heavy (non-hydrogen) atoms. The summed E-state index contributed by atoms with van der Waals surface area (Å²) in [6.07, 6.45) is 1.84. The van der Waals surface area contributed by atoms with Gasteiger partial charge in [-0.05, 0) is 49.2 Å². The molecule has 11 heteroatoms. The first-order valence-corrected chi connectivity index (χ1v) is 11.3. The molecule has 0 radical (unpaired) electrons. The number of carbonyl (C=O) groups is 1. The van der Waals surface area contributed by atoms with E-state index < -0.39 is 23.4 Å². The van der Waals surface area contributed by atoms with Gasteiger partial charge in [-0.1, -0.05) is 35.9 Å². The van der Waals surface area contributed by atoms with Crippen molar-refractivity contribution in [3.05, 3.63) is 85.7 Å². The molecule has 1 aromatic heterocycles. The van der Waals surface area contributed by atoms with Crippen LogP contribution in [-0.4, -0.2) is 26.6 Å². The number of aromatic nitrogens is 3. The number of nitrogens with one attached hydrogen (secondary N) is 2. The third-order valence-corrected chi connectivity index (χ3v) is 6.04. The van der Waals surface area contributed by atoms with Gasteiger partial charge in [0.15, 0.2) is 0 Å². The Labute approximate surface area is 206 Å². The quantitative estimate of drug-likeness (QED) is 0.425. The molecule has 2 heterocycles. The fourth-order valence-electron chi connectivity index (χ4n) is 3.94. The van der Waals surface area contributed by atoms with Crippen molar-refractivity contribution in [2.45, 2.75) is 32.9 Å². The van der Waals surface area contributed by atoms with E-state index in [0.29, 0.717) is 17.3 Å². The van der Waals surface area contributed by atoms with Crippen molar-refractivity contribution >= 4 is 40.5 Å². The van der Waals surface area contributed by atoms with Crippen molar-refractivity contribution in [3.8, 4) is 0 Å². The van der Waals surface area contributed by atoms with E-state index >= 15 is 0 Å². The van der Waals surface area contributed by atoms with Crippen molar-refractivity contribution in [2.75, 3.05) is 17.2 Å². The summed E-state index contributed by atoms with van der Waals surface area (Å²) >= 11 is 6.00. The van der Waals surface area contributed by atoms with E-state index in [1.165, 1.54) is 4.57 Å². The number of hydrogen-bond donors (Lipinski definition) is 3. The fraction of sp³-hybridized carbons (Fsp3) is 0.250. The fourth-order valence-corrected chi connectivity index (χ4v) is 4.07. The van der Waals surface area contributed by atoms with Gasteiger partial charge in [0.25, 0.3) is 0 Å². The van der Waals surface area contributed by atoms with Gasteiger partial charge >= 0.3 is 17.3 Å². The minimum absolute atomic E-state index is 0.0721. The molecular formula is C24H25ClN6O4. The number of carbonyl (C=O) groups excluding carboxylic acids is 1. The zero-order valence-electron chi connectivity index (χ0n) is 19.2. The lowest BCUT2D eigenvalue weighted by molar-refractivity contribution is -0.145. The monoisotopic (exact) mass is 496 g/mol. The number of rotatable bonds is 7. The van der Waals surface area contributed by atoms with E-state index in [1.54, 1.807) is 31.2 Å². The van der Waals surface area contributed by atoms with Gasteiger partial charge in [-0.15, -0.1) is 0 Å². The van der Waals surface area contributed by atoms with Gasteiger partial charge in [-0.25, -0.2) is 14.2 Å². The molecule has 10 nitrogen and oxygen atoms in total. The van der Waals surface area contributed by atoms with Crippen molar-refractivity contribution in [1.82, 2.24) is 14.1 Å². The average molecular weight is 497 g/mol. The summed E-state index contributed by atoms with van der Waals surface area (Å²) in [5.74, 6) is 4.24. The second-order valence-corrected chi connectivity index (χ2v) is 8.72. The van der Waals surface area contributed by atoms with Crippen LogP contribution in [0.25, 0.3) is 5.57 Å². The molecule has 0 spiro atoms. The number of anilines is 3. The van der Waals surface area contributed by atoms with E-state index in [-0.39, 0.29) is 18.9 Å². The van der Waals surface area contributed by atoms with Gasteiger partial charge in [0, 0.05) is 28.5 Å². The molecule has 0 saturated heterocycles. The summed E-state index contributed by atoms with van der Waals surface area (Å²) < 4.78 is 2.26. The highest BCUT2D eigenvalue weighted by Gasteiger charge is 2.21. The van der Waals surface area contributed by atoms with Crippen molar-refractivity contribution in [2.24, 2.45) is 5.90 Å². The number of allylic oxidation sites excluding steroid dienone is 1. The van der Waals surface area contributed by atoms with Gasteiger partial charge < -0.3 is 15.5 Å². The third kappa shape index (κ3) is 5.28. The largest absolute Gasteiger partial charge is 0.381 e. The Morgan fingerprint density at radius 1 is 1.26 bits per heavy atom. The molecule has 0 bridgehead atoms. The van der Waals surface area contributed by atoms with E-state index in [2.05, 4.69) is 26.5 Å². The molecule has 0 saturated carbocycles. The van der Waals surface area contributed by atoms with E-state index in [4.69, 9.17) is 17.5 Å². The van der Waals surface area contributed by atoms with Crippen molar-refractivity contribution in [3.63, 3.8) is 0 Å². The third-order valence-electron chi connectivity index (χ3n) is 5.79. The lowest BCUT2D eigenvalue weighted by atomic mass is 10.0. The number of hydrogen-bond acceptors (Lipinski definition) is 8. The molecule has 4 rings (SSSR count). The maximum absolute atomic E-state index is 13.5. The summed E-state index contributed by atoms with van der Waals surface area (Å²) in [6, 6.07) is 11.9. The first-order chi connectivity index (χ1) is 16.8. The zero-order chi connectivity index (χ0) is 25.1. The summed E-state index contributed by atoms with van der Waals surface area (Å²) in [4.78, 5) is 46.3. The number of nitrogens with zero attached hydrogens (tertiary/aromatic N) is 3. The zero-order valence-corrected chi connectivity index (χ0v) is 20.0. The molecule has 0 unspecified atom stereocenters. The molecule has 1 aliphatic heterocycles. The molecule has 182 valence electrons. The van der Waals surface area contributed by atoms with Crippen LogP contribution >= 0.6 is 11.6 Å². The highest BCUT2D eigenvalue weighted by atomic mass is 35.5. The molecule has 0 amide bonds. The second kappa shape index (κ2) is 10.2. The maximum Gasteiger partial charge on any atom is 0.355 e. The summed E-state index contributed by atoms with van der Waals surface area (Å²) in [5.41, 5.74) is 3.17. The van der Waals surface area contributed by atoms with Crippen LogP contribution in [0.4, 0.5) is 17.3 Å². The maximum atomic E-state index is 13.5. The molecule has 0 aliphatic carbocycles. The first-order valence-electron chi connectivity index (χ1n) is 11.0. The van der Waals surface area contributed by atoms with E-state index in [1.807, 2.05) is 25.1 Å². The predicted molar refractivity (Wildman–Crippen MR) is 135 cm³/mol. The number of benzene rings is 2. The van der Waals surface area contributed by atoms with Crippen LogP contribution < -0.4 is 27.9 Å². The van der Waals surface area contributed by atoms with Gasteiger partial charge in [0.1, 0.15) is 0 Å². The lowest BCUT2D eigenvalue weighted by Gasteiger charge is -2.20. The summed E-state index contributed by atoms with van der Waals surface area (Å²) in [7, 11) is 0. The molecule has 3 aromatic rings. The minimum Gasteiger partial charge on any atom is -0.381 e. The first kappa shape index (κ1) is 24.2. The van der Waals surface area contributed by atoms with Gasteiger partial charge in [-0.2, -0.15) is 10.9 Å². The standard InChI is InChI=1S/C24H25ClN6O4/c1-14-9-10-27-20-12-18(7-8-19(14)20)28-22-29-23(33)31(15(2)11-21(32)35-26)24(34)30(22)13-16-3-5-17(25)6-4-16/h3-9,12,15,27H,10-11,13,26H2,1-2H3,(H,28,29,33)/t15-/m0/s1. The molecular weight excluding hydrogens is 472 g/mol. The Morgan fingerprint density at radius 3 is 2.71 bits per heavy atom. The van der Waals surface area contributed by atoms with Gasteiger partial charge in [-0.3, -0.25) is 9.36 Å². The molecule has 0 fully saturated rings. The highest BCUT2D eigenvalue weighted by molar-refractivity contribution is 6.30. The predicted octanol–water partition coefficient (Wildman–Crippen LogP) is 3.05. The van der Waals surface area contributed by atoms with Crippen LogP contribution in [0.1, 0.15) is 37.4 Å². The lowest BCUT2D eigenvalue weighted by Crippen LogP contribution is -2.44. The van der Waals surface area contributed by atoms with E-state index in [9.17, 15) is 14.4 Å². The number of fused-ring (bicyclic) bond motifs is 1. The number of nitrogens with two attached hydrogens (primary N) is 1. The SMILES string of the molecule is CC1=CCNc2cc(Nc3nc(=O)n([C@@H](C)CC(=O)ON)c(=O)n3Cc3ccc(Cl)cc3)ccc21. The highest BCUT2D eigenvalue weighted by Crippen LogP contribution is 2.30. The van der Waals surface area contributed by atoms with Crippen LogP contribution in [0.15, 0.2) is 58.1 Å². The van der Waals surface area contributed by atoms with Gasteiger partial charge in [0.2, 0.25) is 5.95 Å². The van der Waals surface area contributed by atoms with Crippen LogP contribution in [0.3, 0.4) is 0 Å². The summed E-state index contributed by atoms with van der Waals surface area (Å²) in [6.45, 7) is 4.41. The second-order valence-electron chi connectivity index (χ2n) is 8.28. The molecule has 1 atom stereocenters. The van der Waals surface area contributed by atoms with Crippen LogP contribution in [0, 0.1) is 0 Å². The molecule has 4 N–H and O–H groups in total. The van der Waals surface area contributed by atoms with Gasteiger partial charge in [0.05, 0.1) is 19.0 Å². The Kier molecular flexibility index (Phi) is 7.04. The molecule has 1 aliphatic rings.